The van der Waals surface area contributed by atoms with E-state index in [1.54, 1.807) is 11.8 Å². The summed E-state index contributed by atoms with van der Waals surface area (Å²) in [6, 6.07) is 18.9. The van der Waals surface area contributed by atoms with E-state index in [0.29, 0.717) is 0 Å². The molecule has 0 spiro atoms. The molecule has 0 bridgehead atoms. The van der Waals surface area contributed by atoms with Crippen molar-refractivity contribution < 1.29 is 0 Å². The van der Waals surface area contributed by atoms with E-state index in [4.69, 9.17) is 0 Å². The molecule has 0 unspecified atom stereocenters. The first kappa shape index (κ1) is 11.3. The molecule has 88 valence electrons. The van der Waals surface area contributed by atoms with Crippen LogP contribution in [0.5, 0.6) is 0 Å². The highest BCUT2D eigenvalue weighted by molar-refractivity contribution is 7.99. The van der Waals surface area contributed by atoms with Crippen LogP contribution in [-0.4, -0.2) is 4.98 Å². The molecule has 0 fully saturated rings. The number of aryl methyl sites for hydroxylation is 1. The van der Waals surface area contributed by atoms with Crippen LogP contribution in [0.2, 0.25) is 0 Å². The third kappa shape index (κ3) is 2.24. The molecule has 0 atom stereocenters. The minimum Gasteiger partial charge on any atom is -0.255 e. The SMILES string of the molecule is Cc1cccc2cc(Sc3ccccc3)cnc12. The molecule has 3 rings (SSSR count). The highest BCUT2D eigenvalue weighted by atomic mass is 32.2. The summed E-state index contributed by atoms with van der Waals surface area (Å²) in [5.41, 5.74) is 2.32. The number of aromatic nitrogens is 1. The van der Waals surface area contributed by atoms with Crippen molar-refractivity contribution in [2.24, 2.45) is 0 Å². The Labute approximate surface area is 111 Å². The molecule has 0 saturated heterocycles. The number of para-hydroxylation sites is 1. The fraction of sp³-hybridized carbons (Fsp3) is 0.0625. The first-order valence-corrected chi connectivity index (χ1v) is 6.73. The van der Waals surface area contributed by atoms with Crippen molar-refractivity contribution in [1.82, 2.24) is 4.98 Å². The molecule has 1 aromatic heterocycles. The summed E-state index contributed by atoms with van der Waals surface area (Å²) >= 11 is 1.75. The van der Waals surface area contributed by atoms with E-state index in [2.05, 4.69) is 60.4 Å². The molecule has 0 saturated carbocycles. The van der Waals surface area contributed by atoms with Gasteiger partial charge >= 0.3 is 0 Å². The first-order chi connectivity index (χ1) is 8.83. The number of nitrogens with zero attached hydrogens (tertiary/aromatic N) is 1. The lowest BCUT2D eigenvalue weighted by atomic mass is 10.1. The number of fused-ring (bicyclic) bond motifs is 1. The van der Waals surface area contributed by atoms with Gasteiger partial charge in [0.05, 0.1) is 5.52 Å². The van der Waals surface area contributed by atoms with Gasteiger partial charge in [-0.1, -0.05) is 48.2 Å². The predicted molar refractivity (Wildman–Crippen MR) is 77.0 cm³/mol. The summed E-state index contributed by atoms with van der Waals surface area (Å²) in [7, 11) is 0. The van der Waals surface area contributed by atoms with E-state index >= 15 is 0 Å². The summed E-state index contributed by atoms with van der Waals surface area (Å²) in [6.07, 6.45) is 1.95. The smallest absolute Gasteiger partial charge is 0.0731 e. The average Bonchev–Trinajstić information content (AvgIpc) is 2.40. The predicted octanol–water partition coefficient (Wildman–Crippen LogP) is 4.69. The topological polar surface area (TPSA) is 12.9 Å². The molecule has 0 radical (unpaired) electrons. The van der Waals surface area contributed by atoms with Crippen LogP contribution >= 0.6 is 11.8 Å². The Hall–Kier alpha value is -1.80. The van der Waals surface area contributed by atoms with Crippen LogP contribution in [0.15, 0.2) is 70.6 Å². The quantitative estimate of drug-likeness (QED) is 0.655. The first-order valence-electron chi connectivity index (χ1n) is 5.91. The maximum atomic E-state index is 4.56. The maximum Gasteiger partial charge on any atom is 0.0731 e. The second-order valence-corrected chi connectivity index (χ2v) is 5.38. The zero-order valence-electron chi connectivity index (χ0n) is 10.1. The largest absolute Gasteiger partial charge is 0.255 e. The monoisotopic (exact) mass is 251 g/mol. The van der Waals surface area contributed by atoms with Crippen LogP contribution < -0.4 is 0 Å². The lowest BCUT2D eigenvalue weighted by Gasteiger charge is -2.04. The van der Waals surface area contributed by atoms with E-state index in [1.807, 2.05) is 12.3 Å². The Morgan fingerprint density at radius 1 is 0.889 bits per heavy atom. The fourth-order valence-electron chi connectivity index (χ4n) is 1.97. The molecule has 0 aliphatic carbocycles. The van der Waals surface area contributed by atoms with E-state index in [9.17, 15) is 0 Å². The number of hydrogen-bond acceptors (Lipinski definition) is 2. The Kier molecular flexibility index (Phi) is 3.03. The van der Waals surface area contributed by atoms with Crippen molar-refractivity contribution in [3.8, 4) is 0 Å². The van der Waals surface area contributed by atoms with Crippen molar-refractivity contribution >= 4 is 22.7 Å². The molecule has 0 aliphatic heterocycles. The third-order valence-electron chi connectivity index (χ3n) is 2.87. The van der Waals surface area contributed by atoms with Crippen LogP contribution in [-0.2, 0) is 0 Å². The molecular formula is C16H13NS. The molecule has 1 nitrogen and oxygen atoms in total. The van der Waals surface area contributed by atoms with Crippen molar-refractivity contribution in [3.63, 3.8) is 0 Å². The van der Waals surface area contributed by atoms with Gasteiger partial charge in [-0.15, -0.1) is 0 Å². The van der Waals surface area contributed by atoms with Gasteiger partial charge in [-0.2, -0.15) is 0 Å². The normalized spacial score (nSPS) is 10.7. The highest BCUT2D eigenvalue weighted by Crippen LogP contribution is 2.29. The second kappa shape index (κ2) is 4.83. The van der Waals surface area contributed by atoms with Crippen molar-refractivity contribution in [3.05, 3.63) is 66.4 Å². The molecule has 2 aromatic carbocycles. The van der Waals surface area contributed by atoms with Gasteiger partial charge in [-0.25, -0.2) is 0 Å². The lowest BCUT2D eigenvalue weighted by Crippen LogP contribution is -1.84. The third-order valence-corrected chi connectivity index (χ3v) is 3.83. The Bertz CT molecular complexity index is 677. The van der Waals surface area contributed by atoms with Gasteiger partial charge in [0, 0.05) is 21.4 Å². The minimum absolute atomic E-state index is 1.09. The molecule has 0 N–H and O–H groups in total. The molecule has 2 heteroatoms. The molecule has 3 aromatic rings. The number of hydrogen-bond donors (Lipinski definition) is 0. The summed E-state index contributed by atoms with van der Waals surface area (Å²) in [5, 5.41) is 1.20. The summed E-state index contributed by atoms with van der Waals surface area (Å²) in [5.74, 6) is 0. The minimum atomic E-state index is 1.09. The lowest BCUT2D eigenvalue weighted by molar-refractivity contribution is 1.28. The van der Waals surface area contributed by atoms with Gasteiger partial charge in [0.2, 0.25) is 0 Å². The van der Waals surface area contributed by atoms with Crippen LogP contribution in [0.3, 0.4) is 0 Å². The number of rotatable bonds is 2. The van der Waals surface area contributed by atoms with Crippen LogP contribution in [0.25, 0.3) is 10.9 Å². The Balaban J connectivity index is 1.99. The standard InChI is InChI=1S/C16H13NS/c1-12-6-5-7-13-10-15(11-17-16(12)13)18-14-8-3-2-4-9-14/h2-11H,1H3. The molecule has 0 amide bonds. The highest BCUT2D eigenvalue weighted by Gasteiger charge is 2.01. The summed E-state index contributed by atoms with van der Waals surface area (Å²) < 4.78 is 0. The van der Waals surface area contributed by atoms with Gasteiger partial charge in [-0.05, 0) is 30.7 Å². The molecule has 1 heterocycles. The maximum absolute atomic E-state index is 4.56. The van der Waals surface area contributed by atoms with Gasteiger partial charge in [0.15, 0.2) is 0 Å². The van der Waals surface area contributed by atoms with Gasteiger partial charge < -0.3 is 0 Å². The van der Waals surface area contributed by atoms with E-state index in [-0.39, 0.29) is 0 Å². The summed E-state index contributed by atoms with van der Waals surface area (Å²) in [4.78, 5) is 6.98. The summed E-state index contributed by atoms with van der Waals surface area (Å²) in [6.45, 7) is 2.10. The number of benzene rings is 2. The van der Waals surface area contributed by atoms with Crippen LogP contribution in [0, 0.1) is 6.92 Å². The van der Waals surface area contributed by atoms with Crippen molar-refractivity contribution in [1.29, 1.82) is 0 Å². The van der Waals surface area contributed by atoms with Crippen molar-refractivity contribution in [2.45, 2.75) is 16.7 Å². The van der Waals surface area contributed by atoms with E-state index in [0.717, 1.165) is 5.52 Å². The van der Waals surface area contributed by atoms with Crippen LogP contribution in [0.1, 0.15) is 5.56 Å². The van der Waals surface area contributed by atoms with E-state index < -0.39 is 0 Å². The average molecular weight is 251 g/mol. The Morgan fingerprint density at radius 2 is 1.72 bits per heavy atom. The number of pyridine rings is 1. The van der Waals surface area contributed by atoms with Gasteiger partial charge in [0.1, 0.15) is 0 Å². The molecule has 18 heavy (non-hydrogen) atoms. The zero-order valence-corrected chi connectivity index (χ0v) is 10.9. The van der Waals surface area contributed by atoms with Crippen molar-refractivity contribution in [2.75, 3.05) is 0 Å². The zero-order chi connectivity index (χ0) is 12.4. The van der Waals surface area contributed by atoms with E-state index in [1.165, 1.54) is 20.7 Å². The molecule has 0 aliphatic rings. The second-order valence-electron chi connectivity index (χ2n) is 4.23. The molecular weight excluding hydrogens is 238 g/mol. The fourth-order valence-corrected chi connectivity index (χ4v) is 2.83. The van der Waals surface area contributed by atoms with Gasteiger partial charge in [0.25, 0.3) is 0 Å². The van der Waals surface area contributed by atoms with Crippen LogP contribution in [0.4, 0.5) is 0 Å². The Morgan fingerprint density at radius 3 is 2.56 bits per heavy atom. The van der Waals surface area contributed by atoms with Gasteiger partial charge in [-0.3, -0.25) is 4.98 Å².